The number of hydrogen-bond donors (Lipinski definition) is 2. The van der Waals surface area contributed by atoms with Gasteiger partial charge in [0.25, 0.3) is 0 Å². The zero-order chi connectivity index (χ0) is 15.5. The molecule has 0 atom stereocenters. The molecule has 0 amide bonds. The molecule has 0 aliphatic carbocycles. The molecule has 0 aliphatic heterocycles. The largest absolute Gasteiger partial charge is 0.369 e. The summed E-state index contributed by atoms with van der Waals surface area (Å²) in [7, 11) is -3.78. The second kappa shape index (κ2) is 6.23. The lowest BCUT2D eigenvalue weighted by atomic mass is 10.1. The summed E-state index contributed by atoms with van der Waals surface area (Å²) in [5.41, 5.74) is 1.97. The van der Waals surface area contributed by atoms with Crippen LogP contribution in [0.5, 0.6) is 0 Å². The Hall–Kier alpha value is -1.93. The molecule has 0 spiro atoms. The van der Waals surface area contributed by atoms with Gasteiger partial charge in [-0.05, 0) is 38.8 Å². The van der Waals surface area contributed by atoms with E-state index in [1.165, 1.54) is 18.3 Å². The first-order valence-corrected chi connectivity index (χ1v) is 8.07. The van der Waals surface area contributed by atoms with Crippen LogP contribution in [0, 0.1) is 13.8 Å². The molecule has 0 saturated carbocycles. The molecule has 7 nitrogen and oxygen atoms in total. The Kier molecular flexibility index (Phi) is 4.59. The maximum absolute atomic E-state index is 11.4. The highest BCUT2D eigenvalue weighted by Crippen LogP contribution is 2.17. The third-order valence-corrected chi connectivity index (χ3v) is 4.10. The van der Waals surface area contributed by atoms with Crippen molar-refractivity contribution in [1.82, 2.24) is 10.1 Å². The SMILES string of the molecule is Cc1noc(C)c1CCCNc1ncccc1S(N)(=O)=O. The van der Waals surface area contributed by atoms with Gasteiger partial charge in [-0.25, -0.2) is 18.5 Å². The first kappa shape index (κ1) is 15.5. The van der Waals surface area contributed by atoms with E-state index in [0.717, 1.165) is 29.9 Å². The Morgan fingerprint density at radius 2 is 2.14 bits per heavy atom. The van der Waals surface area contributed by atoms with E-state index in [1.54, 1.807) is 0 Å². The highest BCUT2D eigenvalue weighted by atomic mass is 32.2. The standard InChI is InChI=1S/C13H18N4O3S/c1-9-11(10(2)20-17-9)5-3-7-15-13-12(21(14,18)19)6-4-8-16-13/h4,6,8H,3,5,7H2,1-2H3,(H,15,16)(H2,14,18,19). The van der Waals surface area contributed by atoms with Crippen molar-refractivity contribution in [2.75, 3.05) is 11.9 Å². The summed E-state index contributed by atoms with van der Waals surface area (Å²) < 4.78 is 28.0. The van der Waals surface area contributed by atoms with Crippen molar-refractivity contribution in [1.29, 1.82) is 0 Å². The molecule has 2 rings (SSSR count). The van der Waals surface area contributed by atoms with E-state index < -0.39 is 10.0 Å². The van der Waals surface area contributed by atoms with Crippen LogP contribution in [0.25, 0.3) is 0 Å². The van der Waals surface area contributed by atoms with Crippen LogP contribution >= 0.6 is 0 Å². The van der Waals surface area contributed by atoms with Gasteiger partial charge in [0.15, 0.2) is 0 Å². The van der Waals surface area contributed by atoms with Crippen molar-refractivity contribution in [3.05, 3.63) is 35.3 Å². The minimum atomic E-state index is -3.78. The number of primary sulfonamides is 1. The lowest BCUT2D eigenvalue weighted by Gasteiger charge is -2.09. The van der Waals surface area contributed by atoms with Crippen molar-refractivity contribution in [3.63, 3.8) is 0 Å². The Bertz CT molecular complexity index is 705. The number of nitrogens with two attached hydrogens (primary N) is 1. The van der Waals surface area contributed by atoms with Crippen LogP contribution < -0.4 is 10.5 Å². The molecule has 114 valence electrons. The van der Waals surface area contributed by atoms with Crippen molar-refractivity contribution in [3.8, 4) is 0 Å². The average Bonchev–Trinajstić information content (AvgIpc) is 2.74. The summed E-state index contributed by atoms with van der Waals surface area (Å²) in [6, 6.07) is 2.97. The monoisotopic (exact) mass is 310 g/mol. The van der Waals surface area contributed by atoms with Crippen molar-refractivity contribution >= 4 is 15.8 Å². The molecule has 21 heavy (non-hydrogen) atoms. The van der Waals surface area contributed by atoms with Crippen molar-refractivity contribution in [2.24, 2.45) is 5.14 Å². The predicted molar refractivity (Wildman–Crippen MR) is 78.4 cm³/mol. The molecule has 0 unspecified atom stereocenters. The second-order valence-corrected chi connectivity index (χ2v) is 6.26. The molecule has 2 aromatic heterocycles. The molecule has 2 aromatic rings. The van der Waals surface area contributed by atoms with E-state index in [-0.39, 0.29) is 10.7 Å². The van der Waals surface area contributed by atoms with Gasteiger partial charge in [-0.15, -0.1) is 0 Å². The zero-order valence-electron chi connectivity index (χ0n) is 12.0. The van der Waals surface area contributed by atoms with Gasteiger partial charge in [0, 0.05) is 18.3 Å². The number of aromatic nitrogens is 2. The highest BCUT2D eigenvalue weighted by Gasteiger charge is 2.14. The fraction of sp³-hybridized carbons (Fsp3) is 0.385. The van der Waals surface area contributed by atoms with E-state index in [0.29, 0.717) is 6.54 Å². The number of hydrogen-bond acceptors (Lipinski definition) is 6. The van der Waals surface area contributed by atoms with E-state index in [4.69, 9.17) is 9.66 Å². The molecule has 0 fully saturated rings. The molecule has 0 aromatic carbocycles. The van der Waals surface area contributed by atoms with Crippen molar-refractivity contribution < 1.29 is 12.9 Å². The zero-order valence-corrected chi connectivity index (χ0v) is 12.8. The predicted octanol–water partition coefficient (Wildman–Crippen LogP) is 1.38. The minimum absolute atomic E-state index is 0.00217. The fourth-order valence-corrected chi connectivity index (χ4v) is 2.75. The number of aryl methyl sites for hydroxylation is 2. The molecule has 8 heteroatoms. The fourth-order valence-electron chi connectivity index (χ4n) is 2.08. The van der Waals surface area contributed by atoms with Crippen LogP contribution in [0.3, 0.4) is 0 Å². The smallest absolute Gasteiger partial charge is 0.241 e. The molecular formula is C13H18N4O3S. The van der Waals surface area contributed by atoms with E-state index in [9.17, 15) is 8.42 Å². The van der Waals surface area contributed by atoms with Gasteiger partial charge in [0.05, 0.1) is 5.69 Å². The molecular weight excluding hydrogens is 292 g/mol. The minimum Gasteiger partial charge on any atom is -0.369 e. The summed E-state index contributed by atoms with van der Waals surface area (Å²) in [6.45, 7) is 4.35. The van der Waals surface area contributed by atoms with Crippen LogP contribution in [0.4, 0.5) is 5.82 Å². The summed E-state index contributed by atoms with van der Waals surface area (Å²) in [5, 5.41) is 12.0. The van der Waals surface area contributed by atoms with Crippen LogP contribution in [-0.4, -0.2) is 25.1 Å². The molecule has 0 saturated heterocycles. The van der Waals surface area contributed by atoms with Crippen LogP contribution in [0.1, 0.15) is 23.4 Å². The number of pyridine rings is 1. The Morgan fingerprint density at radius 1 is 1.38 bits per heavy atom. The quantitative estimate of drug-likeness (QED) is 0.780. The highest BCUT2D eigenvalue weighted by molar-refractivity contribution is 7.89. The van der Waals surface area contributed by atoms with Gasteiger partial charge in [-0.2, -0.15) is 0 Å². The summed E-state index contributed by atoms with van der Waals surface area (Å²) >= 11 is 0. The number of anilines is 1. The van der Waals surface area contributed by atoms with Crippen molar-refractivity contribution in [2.45, 2.75) is 31.6 Å². The van der Waals surface area contributed by atoms with Gasteiger partial charge in [0.1, 0.15) is 16.5 Å². The summed E-state index contributed by atoms with van der Waals surface area (Å²) in [6.07, 6.45) is 3.11. The second-order valence-electron chi connectivity index (χ2n) is 4.73. The topological polar surface area (TPSA) is 111 Å². The van der Waals surface area contributed by atoms with Gasteiger partial charge >= 0.3 is 0 Å². The van der Waals surface area contributed by atoms with Crippen LogP contribution in [-0.2, 0) is 16.4 Å². The van der Waals surface area contributed by atoms with E-state index in [2.05, 4.69) is 15.5 Å². The average molecular weight is 310 g/mol. The molecule has 3 N–H and O–H groups in total. The maximum Gasteiger partial charge on any atom is 0.241 e. The number of rotatable bonds is 6. The first-order valence-electron chi connectivity index (χ1n) is 6.53. The van der Waals surface area contributed by atoms with Gasteiger partial charge in [-0.3, -0.25) is 0 Å². The number of nitrogens with one attached hydrogen (secondary N) is 1. The lowest BCUT2D eigenvalue weighted by Crippen LogP contribution is -2.16. The van der Waals surface area contributed by atoms with Gasteiger partial charge in [0.2, 0.25) is 10.0 Å². The normalized spacial score (nSPS) is 11.6. The van der Waals surface area contributed by atoms with Crippen LogP contribution in [0.15, 0.2) is 27.7 Å². The third-order valence-electron chi connectivity index (χ3n) is 3.15. The number of sulfonamides is 1. The lowest BCUT2D eigenvalue weighted by molar-refractivity contribution is 0.392. The Morgan fingerprint density at radius 3 is 2.76 bits per heavy atom. The molecule has 2 heterocycles. The van der Waals surface area contributed by atoms with E-state index in [1.807, 2.05) is 13.8 Å². The Balaban J connectivity index is 1.96. The summed E-state index contributed by atoms with van der Waals surface area (Å²) in [4.78, 5) is 4.02. The van der Waals surface area contributed by atoms with Gasteiger partial charge < -0.3 is 9.84 Å². The summed E-state index contributed by atoms with van der Waals surface area (Å²) in [5.74, 6) is 1.09. The van der Waals surface area contributed by atoms with E-state index >= 15 is 0 Å². The number of nitrogens with zero attached hydrogens (tertiary/aromatic N) is 2. The molecule has 0 radical (unpaired) electrons. The van der Waals surface area contributed by atoms with Gasteiger partial charge in [-0.1, -0.05) is 5.16 Å². The maximum atomic E-state index is 11.4. The molecule has 0 aliphatic rings. The molecule has 0 bridgehead atoms. The third kappa shape index (κ3) is 3.79. The Labute approximate surface area is 123 Å². The van der Waals surface area contributed by atoms with Crippen LogP contribution in [0.2, 0.25) is 0 Å². The first-order chi connectivity index (χ1) is 9.89.